The van der Waals surface area contributed by atoms with E-state index in [-0.39, 0.29) is 11.3 Å². The van der Waals surface area contributed by atoms with E-state index in [2.05, 4.69) is 5.32 Å². The van der Waals surface area contributed by atoms with Crippen LogP contribution in [0.1, 0.15) is 13.3 Å². The first kappa shape index (κ1) is 17.1. The lowest BCUT2D eigenvalue weighted by Gasteiger charge is -2.18. The van der Waals surface area contributed by atoms with E-state index in [4.69, 9.17) is 14.6 Å². The number of carboxylic acid groups (broad SMARTS) is 1. The molecule has 0 aromatic heterocycles. The third-order valence-corrected chi connectivity index (χ3v) is 4.93. The van der Waals surface area contributed by atoms with Crippen molar-refractivity contribution in [1.29, 1.82) is 0 Å². The Bertz CT molecular complexity index is 714. The normalized spacial score (nSPS) is 14.8. The summed E-state index contributed by atoms with van der Waals surface area (Å²) in [5.41, 5.74) is 0. The standard InChI is InChI=1S/C14H17NO7S/c1-9(14(17)18)15-13(16)4-7-23(19,20)10-2-3-11-12(8-10)22-6-5-21-11/h2-3,8-9H,4-7H2,1H3,(H,15,16)(H,17,18)/t9-/m0/s1. The first-order valence-electron chi connectivity index (χ1n) is 6.94. The van der Waals surface area contributed by atoms with Crippen molar-refractivity contribution in [2.75, 3.05) is 19.0 Å². The second kappa shape index (κ2) is 6.86. The number of carbonyl (C=O) groups excluding carboxylic acids is 1. The summed E-state index contributed by atoms with van der Waals surface area (Å²) in [5.74, 6) is -1.43. The molecule has 23 heavy (non-hydrogen) atoms. The van der Waals surface area contributed by atoms with Crippen molar-refractivity contribution in [2.24, 2.45) is 0 Å². The van der Waals surface area contributed by atoms with Crippen LogP contribution < -0.4 is 14.8 Å². The predicted molar refractivity (Wildman–Crippen MR) is 79.3 cm³/mol. The van der Waals surface area contributed by atoms with Crippen LogP contribution in [0.15, 0.2) is 23.1 Å². The summed E-state index contributed by atoms with van der Waals surface area (Å²) in [4.78, 5) is 22.2. The summed E-state index contributed by atoms with van der Waals surface area (Å²) in [5, 5.41) is 10.9. The maximum Gasteiger partial charge on any atom is 0.325 e. The molecule has 1 aliphatic heterocycles. The predicted octanol–water partition coefficient (Wildman–Crippen LogP) is 0.211. The highest BCUT2D eigenvalue weighted by Gasteiger charge is 2.21. The molecule has 0 unspecified atom stereocenters. The summed E-state index contributed by atoms with van der Waals surface area (Å²) >= 11 is 0. The van der Waals surface area contributed by atoms with Gasteiger partial charge in [-0.2, -0.15) is 0 Å². The van der Waals surface area contributed by atoms with Crippen molar-refractivity contribution in [1.82, 2.24) is 5.32 Å². The lowest BCUT2D eigenvalue weighted by atomic mass is 10.3. The largest absolute Gasteiger partial charge is 0.486 e. The zero-order chi connectivity index (χ0) is 17.0. The van der Waals surface area contributed by atoms with Gasteiger partial charge in [0.15, 0.2) is 21.3 Å². The molecule has 2 rings (SSSR count). The van der Waals surface area contributed by atoms with Gasteiger partial charge in [-0.3, -0.25) is 9.59 Å². The molecule has 0 spiro atoms. The smallest absolute Gasteiger partial charge is 0.325 e. The minimum Gasteiger partial charge on any atom is -0.486 e. The molecule has 0 radical (unpaired) electrons. The van der Waals surface area contributed by atoms with Crippen molar-refractivity contribution in [3.63, 3.8) is 0 Å². The molecule has 1 aromatic carbocycles. The fourth-order valence-corrected chi connectivity index (χ4v) is 3.19. The van der Waals surface area contributed by atoms with Crippen LogP contribution in [0.3, 0.4) is 0 Å². The van der Waals surface area contributed by atoms with Crippen LogP contribution in [0.5, 0.6) is 11.5 Å². The van der Waals surface area contributed by atoms with Gasteiger partial charge in [-0.25, -0.2) is 8.42 Å². The van der Waals surface area contributed by atoms with Crippen molar-refractivity contribution in [3.05, 3.63) is 18.2 Å². The first-order chi connectivity index (χ1) is 10.8. The second-order valence-electron chi connectivity index (χ2n) is 5.00. The molecule has 0 saturated carbocycles. The van der Waals surface area contributed by atoms with Crippen LogP contribution in [-0.4, -0.2) is 50.4 Å². The molecule has 0 aliphatic carbocycles. The molecule has 126 valence electrons. The van der Waals surface area contributed by atoms with E-state index in [1.54, 1.807) is 0 Å². The molecule has 1 aromatic rings. The number of carbonyl (C=O) groups is 2. The Morgan fingerprint density at radius 3 is 2.57 bits per heavy atom. The lowest BCUT2D eigenvalue weighted by molar-refractivity contribution is -0.141. The molecule has 1 amide bonds. The molecule has 2 N–H and O–H groups in total. The molecule has 8 nitrogen and oxygen atoms in total. The number of carboxylic acids is 1. The Kier molecular flexibility index (Phi) is 5.09. The molecule has 0 bridgehead atoms. The van der Waals surface area contributed by atoms with Gasteiger partial charge in [0, 0.05) is 12.5 Å². The van der Waals surface area contributed by atoms with Gasteiger partial charge in [0.05, 0.1) is 10.6 Å². The fraction of sp³-hybridized carbons (Fsp3) is 0.429. The molecule has 1 aliphatic rings. The number of ether oxygens (including phenoxy) is 2. The topological polar surface area (TPSA) is 119 Å². The lowest BCUT2D eigenvalue weighted by Crippen LogP contribution is -2.38. The number of benzene rings is 1. The maximum atomic E-state index is 12.2. The summed E-state index contributed by atoms with van der Waals surface area (Å²) in [6.45, 7) is 2.04. The number of fused-ring (bicyclic) bond motifs is 1. The molecule has 0 fully saturated rings. The van der Waals surface area contributed by atoms with Crippen LogP contribution in [0.4, 0.5) is 0 Å². The molecular weight excluding hydrogens is 326 g/mol. The van der Waals surface area contributed by atoms with Crippen LogP contribution >= 0.6 is 0 Å². The Labute approximate surface area is 133 Å². The number of hydrogen-bond acceptors (Lipinski definition) is 6. The SMILES string of the molecule is C[C@H](NC(=O)CCS(=O)(=O)c1ccc2c(c1)OCCO2)C(=O)O. The Morgan fingerprint density at radius 1 is 1.26 bits per heavy atom. The third kappa shape index (κ3) is 4.35. The van der Waals surface area contributed by atoms with E-state index < -0.39 is 33.5 Å². The maximum absolute atomic E-state index is 12.2. The highest BCUT2D eigenvalue weighted by Crippen LogP contribution is 2.32. The van der Waals surface area contributed by atoms with E-state index in [0.717, 1.165) is 0 Å². The number of rotatable bonds is 6. The highest BCUT2D eigenvalue weighted by molar-refractivity contribution is 7.91. The second-order valence-corrected chi connectivity index (χ2v) is 7.11. The Hall–Kier alpha value is -2.29. The van der Waals surface area contributed by atoms with Crippen LogP contribution in [-0.2, 0) is 19.4 Å². The van der Waals surface area contributed by atoms with Crippen LogP contribution in [0, 0.1) is 0 Å². The molecular formula is C14H17NO7S. The average molecular weight is 343 g/mol. The van der Waals surface area contributed by atoms with Crippen molar-refractivity contribution in [2.45, 2.75) is 24.3 Å². The third-order valence-electron chi connectivity index (χ3n) is 3.22. The quantitative estimate of drug-likeness (QED) is 0.758. The summed E-state index contributed by atoms with van der Waals surface area (Å²) in [6.07, 6.45) is -0.325. The summed E-state index contributed by atoms with van der Waals surface area (Å²) in [7, 11) is -3.69. The zero-order valence-corrected chi connectivity index (χ0v) is 13.3. The number of nitrogens with one attached hydrogen (secondary N) is 1. The van der Waals surface area contributed by atoms with E-state index in [1.807, 2.05) is 0 Å². The first-order valence-corrected chi connectivity index (χ1v) is 8.59. The number of sulfone groups is 1. The zero-order valence-electron chi connectivity index (χ0n) is 12.4. The van der Waals surface area contributed by atoms with Crippen molar-refractivity contribution in [3.8, 4) is 11.5 Å². The van der Waals surface area contributed by atoms with Gasteiger partial charge >= 0.3 is 5.97 Å². The van der Waals surface area contributed by atoms with Gasteiger partial charge in [0.1, 0.15) is 19.3 Å². The van der Waals surface area contributed by atoms with Gasteiger partial charge < -0.3 is 19.9 Å². The summed E-state index contributed by atoms with van der Waals surface area (Å²) < 4.78 is 35.1. The van der Waals surface area contributed by atoms with Crippen LogP contribution in [0.2, 0.25) is 0 Å². The Balaban J connectivity index is 2.02. The van der Waals surface area contributed by atoms with Gasteiger partial charge in [0.2, 0.25) is 5.91 Å². The van der Waals surface area contributed by atoms with Gasteiger partial charge in [0.25, 0.3) is 0 Å². The Morgan fingerprint density at radius 2 is 1.91 bits per heavy atom. The van der Waals surface area contributed by atoms with Gasteiger partial charge in [-0.1, -0.05) is 0 Å². The average Bonchev–Trinajstić information content (AvgIpc) is 2.52. The number of hydrogen-bond donors (Lipinski definition) is 2. The van der Waals surface area contributed by atoms with Crippen LogP contribution in [0.25, 0.3) is 0 Å². The molecule has 1 atom stereocenters. The van der Waals surface area contributed by atoms with E-state index >= 15 is 0 Å². The van der Waals surface area contributed by atoms with Gasteiger partial charge in [-0.15, -0.1) is 0 Å². The minimum absolute atomic E-state index is 0.0285. The van der Waals surface area contributed by atoms with E-state index in [1.165, 1.54) is 25.1 Å². The number of aliphatic carboxylic acids is 1. The minimum atomic E-state index is -3.69. The monoisotopic (exact) mass is 343 g/mol. The number of amides is 1. The van der Waals surface area contributed by atoms with Gasteiger partial charge in [-0.05, 0) is 19.1 Å². The van der Waals surface area contributed by atoms with Crippen molar-refractivity contribution >= 4 is 21.7 Å². The van der Waals surface area contributed by atoms with E-state index in [9.17, 15) is 18.0 Å². The molecule has 0 saturated heterocycles. The summed E-state index contributed by atoms with van der Waals surface area (Å²) in [6, 6.07) is 3.19. The highest BCUT2D eigenvalue weighted by atomic mass is 32.2. The fourth-order valence-electron chi connectivity index (χ4n) is 1.94. The molecule has 1 heterocycles. The molecule has 9 heteroatoms. The van der Waals surface area contributed by atoms with Crippen molar-refractivity contribution < 1.29 is 32.6 Å². The van der Waals surface area contributed by atoms with E-state index in [0.29, 0.717) is 24.7 Å².